The molecule has 0 saturated heterocycles. The molecular weight excluding hydrogens is 240 g/mol. The maximum Gasteiger partial charge on any atom is 0.0399 e. The molecule has 0 spiro atoms. The first-order valence-corrected chi connectivity index (χ1v) is 7.92. The minimum absolute atomic E-state index is 0.204. The fourth-order valence-electron chi connectivity index (χ4n) is 2.16. The summed E-state index contributed by atoms with van der Waals surface area (Å²) < 4.78 is 0. The number of thioether (sulfide) groups is 1. The zero-order chi connectivity index (χ0) is 13.7. The molecule has 1 rings (SSSR count). The summed E-state index contributed by atoms with van der Waals surface area (Å²) in [6.45, 7) is 6.48. The van der Waals surface area contributed by atoms with Gasteiger partial charge in [-0.05, 0) is 45.1 Å². The van der Waals surface area contributed by atoms with Gasteiger partial charge in [-0.3, -0.25) is 0 Å². The Balaban J connectivity index is 2.99. The quantitative estimate of drug-likeness (QED) is 0.858. The first-order valence-electron chi connectivity index (χ1n) is 6.52. The zero-order valence-corrected chi connectivity index (χ0v) is 13.1. The van der Waals surface area contributed by atoms with Crippen molar-refractivity contribution in [1.82, 2.24) is 0 Å². The van der Waals surface area contributed by atoms with Gasteiger partial charge in [-0.1, -0.05) is 17.7 Å². The van der Waals surface area contributed by atoms with Gasteiger partial charge >= 0.3 is 0 Å². The van der Waals surface area contributed by atoms with Gasteiger partial charge in [0.15, 0.2) is 0 Å². The van der Waals surface area contributed by atoms with Crippen molar-refractivity contribution in [2.24, 2.45) is 5.73 Å². The summed E-state index contributed by atoms with van der Waals surface area (Å²) in [4.78, 5) is 2.37. The predicted molar refractivity (Wildman–Crippen MR) is 84.8 cm³/mol. The van der Waals surface area contributed by atoms with Gasteiger partial charge in [-0.25, -0.2) is 0 Å². The van der Waals surface area contributed by atoms with Crippen molar-refractivity contribution in [2.75, 3.05) is 24.0 Å². The van der Waals surface area contributed by atoms with Crippen LogP contribution in [0.3, 0.4) is 0 Å². The number of hydrogen-bond donors (Lipinski definition) is 1. The average Bonchev–Trinajstić information content (AvgIpc) is 2.28. The van der Waals surface area contributed by atoms with Crippen molar-refractivity contribution in [3.8, 4) is 0 Å². The minimum atomic E-state index is 0.204. The van der Waals surface area contributed by atoms with Gasteiger partial charge in [0.1, 0.15) is 0 Å². The van der Waals surface area contributed by atoms with Crippen LogP contribution in [0.1, 0.15) is 25.0 Å². The van der Waals surface area contributed by atoms with Crippen LogP contribution in [-0.2, 0) is 6.42 Å². The van der Waals surface area contributed by atoms with Crippen molar-refractivity contribution in [1.29, 1.82) is 0 Å². The summed E-state index contributed by atoms with van der Waals surface area (Å²) in [6, 6.07) is 7.41. The SMILES string of the molecule is CSCC(C)N(C)c1ccc(C)cc1CC(C)N. The van der Waals surface area contributed by atoms with Crippen molar-refractivity contribution in [2.45, 2.75) is 39.3 Å². The molecule has 1 aromatic carbocycles. The molecule has 0 heterocycles. The molecule has 18 heavy (non-hydrogen) atoms. The van der Waals surface area contributed by atoms with Gasteiger partial charge in [0.25, 0.3) is 0 Å². The lowest BCUT2D eigenvalue weighted by molar-refractivity contribution is 0.720. The normalized spacial score (nSPS) is 14.3. The Labute approximate surface area is 116 Å². The van der Waals surface area contributed by atoms with E-state index in [0.717, 1.165) is 12.2 Å². The van der Waals surface area contributed by atoms with Crippen LogP contribution >= 0.6 is 11.8 Å². The third kappa shape index (κ3) is 4.21. The molecule has 0 saturated carbocycles. The Morgan fingerprint density at radius 3 is 2.56 bits per heavy atom. The van der Waals surface area contributed by atoms with E-state index in [1.165, 1.54) is 16.8 Å². The molecule has 2 atom stereocenters. The molecular formula is C15H26N2S. The minimum Gasteiger partial charge on any atom is -0.371 e. The Hall–Kier alpha value is -0.670. The molecule has 0 radical (unpaired) electrons. The van der Waals surface area contributed by atoms with E-state index in [9.17, 15) is 0 Å². The molecule has 0 aromatic heterocycles. The summed E-state index contributed by atoms with van der Waals surface area (Å²) >= 11 is 1.89. The summed E-state index contributed by atoms with van der Waals surface area (Å²) in [5.41, 5.74) is 9.94. The fraction of sp³-hybridized carbons (Fsp3) is 0.600. The van der Waals surface area contributed by atoms with Gasteiger partial charge < -0.3 is 10.6 Å². The highest BCUT2D eigenvalue weighted by atomic mass is 32.2. The lowest BCUT2D eigenvalue weighted by Gasteiger charge is -2.29. The van der Waals surface area contributed by atoms with Crippen molar-refractivity contribution >= 4 is 17.4 Å². The van der Waals surface area contributed by atoms with E-state index in [0.29, 0.717) is 6.04 Å². The number of rotatable bonds is 6. The first-order chi connectivity index (χ1) is 8.45. The highest BCUT2D eigenvalue weighted by Gasteiger charge is 2.14. The van der Waals surface area contributed by atoms with Crippen molar-refractivity contribution < 1.29 is 0 Å². The predicted octanol–water partition coefficient (Wildman–Crippen LogP) is 3.07. The maximum absolute atomic E-state index is 5.96. The lowest BCUT2D eigenvalue weighted by atomic mass is 10.0. The number of nitrogens with zero attached hydrogens (tertiary/aromatic N) is 1. The van der Waals surface area contributed by atoms with Gasteiger partial charge in [0, 0.05) is 30.6 Å². The molecule has 1 aromatic rings. The Bertz CT molecular complexity index is 377. The molecule has 2 N–H and O–H groups in total. The lowest BCUT2D eigenvalue weighted by Crippen LogP contribution is -2.32. The van der Waals surface area contributed by atoms with E-state index < -0.39 is 0 Å². The Morgan fingerprint density at radius 1 is 1.33 bits per heavy atom. The Morgan fingerprint density at radius 2 is 2.00 bits per heavy atom. The Kier molecular flexibility index (Phi) is 6.03. The van der Waals surface area contributed by atoms with Crippen LogP contribution in [-0.4, -0.2) is 31.1 Å². The van der Waals surface area contributed by atoms with Gasteiger partial charge in [-0.15, -0.1) is 0 Å². The molecule has 0 aliphatic rings. The molecule has 0 amide bonds. The van der Waals surface area contributed by atoms with Crippen LogP contribution in [0.5, 0.6) is 0 Å². The summed E-state index contributed by atoms with van der Waals surface area (Å²) in [5, 5.41) is 0. The van der Waals surface area contributed by atoms with Crippen LogP contribution in [0.25, 0.3) is 0 Å². The van der Waals surface area contributed by atoms with E-state index in [2.05, 4.69) is 57.2 Å². The van der Waals surface area contributed by atoms with E-state index in [-0.39, 0.29) is 6.04 Å². The molecule has 3 heteroatoms. The van der Waals surface area contributed by atoms with Crippen LogP contribution in [0, 0.1) is 6.92 Å². The number of hydrogen-bond acceptors (Lipinski definition) is 3. The van der Waals surface area contributed by atoms with Crippen molar-refractivity contribution in [3.05, 3.63) is 29.3 Å². The average molecular weight is 266 g/mol. The van der Waals surface area contributed by atoms with Gasteiger partial charge in [-0.2, -0.15) is 11.8 Å². The first kappa shape index (κ1) is 15.4. The second-order valence-corrected chi connectivity index (χ2v) is 6.14. The van der Waals surface area contributed by atoms with E-state index in [1.807, 2.05) is 11.8 Å². The molecule has 0 fully saturated rings. The highest BCUT2D eigenvalue weighted by Crippen LogP contribution is 2.24. The molecule has 0 aliphatic carbocycles. The fourth-order valence-corrected chi connectivity index (χ4v) is 2.87. The van der Waals surface area contributed by atoms with E-state index in [4.69, 9.17) is 5.73 Å². The largest absolute Gasteiger partial charge is 0.371 e. The van der Waals surface area contributed by atoms with Crippen LogP contribution in [0.2, 0.25) is 0 Å². The number of anilines is 1. The third-order valence-electron chi connectivity index (χ3n) is 3.23. The summed E-state index contributed by atoms with van der Waals surface area (Å²) in [6.07, 6.45) is 3.09. The maximum atomic E-state index is 5.96. The van der Waals surface area contributed by atoms with Crippen molar-refractivity contribution in [3.63, 3.8) is 0 Å². The number of nitrogens with two attached hydrogens (primary N) is 1. The van der Waals surface area contributed by atoms with Gasteiger partial charge in [0.2, 0.25) is 0 Å². The zero-order valence-electron chi connectivity index (χ0n) is 12.2. The molecule has 2 unspecified atom stereocenters. The van der Waals surface area contributed by atoms with E-state index >= 15 is 0 Å². The molecule has 102 valence electrons. The van der Waals surface area contributed by atoms with Crippen LogP contribution in [0.15, 0.2) is 18.2 Å². The highest BCUT2D eigenvalue weighted by molar-refractivity contribution is 7.98. The smallest absolute Gasteiger partial charge is 0.0399 e. The second-order valence-electron chi connectivity index (χ2n) is 5.23. The van der Waals surface area contributed by atoms with Gasteiger partial charge in [0.05, 0.1) is 0 Å². The summed E-state index contributed by atoms with van der Waals surface area (Å²) in [7, 11) is 2.18. The second kappa shape index (κ2) is 7.05. The monoisotopic (exact) mass is 266 g/mol. The third-order valence-corrected chi connectivity index (χ3v) is 4.04. The van der Waals surface area contributed by atoms with Crippen LogP contribution < -0.4 is 10.6 Å². The number of benzene rings is 1. The standard InChI is InChI=1S/C15H26N2S/c1-11-6-7-15(14(8-11)9-12(2)16)17(4)13(3)10-18-5/h6-8,12-13H,9-10,16H2,1-5H3. The summed E-state index contributed by atoms with van der Waals surface area (Å²) in [5.74, 6) is 1.14. The molecule has 0 bridgehead atoms. The number of aryl methyl sites for hydroxylation is 1. The van der Waals surface area contributed by atoms with Crippen LogP contribution in [0.4, 0.5) is 5.69 Å². The topological polar surface area (TPSA) is 29.3 Å². The molecule has 0 aliphatic heterocycles. The molecule has 2 nitrogen and oxygen atoms in total. The van der Waals surface area contributed by atoms with E-state index in [1.54, 1.807) is 0 Å².